The Morgan fingerprint density at radius 1 is 1.33 bits per heavy atom. The Kier molecular flexibility index (Phi) is 3.71. The minimum Gasteiger partial charge on any atom is -0.124 e. The summed E-state index contributed by atoms with van der Waals surface area (Å²) >= 11 is 1.77. The van der Waals surface area contributed by atoms with E-state index in [1.807, 2.05) is 13.8 Å². The van der Waals surface area contributed by atoms with E-state index >= 15 is 0 Å². The Hall–Kier alpha value is -0.170. The minimum absolute atomic E-state index is 0.516. The fourth-order valence-electron chi connectivity index (χ4n) is 0.402. The maximum Gasteiger partial charge on any atom is 0.0266 e. The summed E-state index contributed by atoms with van der Waals surface area (Å²) in [6, 6.07) is 0. The standard InChI is InChI=1S/C8H14S/c1-6(2)8(5)9-7(3)4/h8H,1,3H2,2,4-5H3. The predicted molar refractivity (Wildman–Crippen MR) is 46.7 cm³/mol. The van der Waals surface area contributed by atoms with E-state index in [2.05, 4.69) is 20.1 Å². The number of rotatable bonds is 3. The van der Waals surface area contributed by atoms with Crippen LogP contribution in [0.5, 0.6) is 0 Å². The molecule has 52 valence electrons. The molecule has 9 heavy (non-hydrogen) atoms. The van der Waals surface area contributed by atoms with Crippen molar-refractivity contribution in [3.63, 3.8) is 0 Å². The first kappa shape index (κ1) is 8.83. The molecule has 0 heterocycles. The van der Waals surface area contributed by atoms with Gasteiger partial charge in [0, 0.05) is 5.25 Å². The van der Waals surface area contributed by atoms with E-state index in [1.165, 1.54) is 5.57 Å². The molecule has 0 aliphatic heterocycles. The molecule has 0 rings (SSSR count). The molecule has 0 aliphatic carbocycles. The van der Waals surface area contributed by atoms with Crippen molar-refractivity contribution in [2.24, 2.45) is 0 Å². The Labute approximate surface area is 62.0 Å². The zero-order valence-corrected chi connectivity index (χ0v) is 7.22. The molecule has 1 heteroatoms. The maximum atomic E-state index is 3.85. The van der Waals surface area contributed by atoms with Gasteiger partial charge in [0.05, 0.1) is 0 Å². The second kappa shape index (κ2) is 3.78. The normalized spacial score (nSPS) is 12.8. The molecule has 0 bridgehead atoms. The Bertz CT molecular complexity index is 125. The zero-order chi connectivity index (χ0) is 7.44. The van der Waals surface area contributed by atoms with Gasteiger partial charge in [-0.3, -0.25) is 0 Å². The third-order valence-corrected chi connectivity index (χ3v) is 2.23. The number of allylic oxidation sites excluding steroid dienone is 1. The minimum atomic E-state index is 0.516. The lowest BCUT2D eigenvalue weighted by atomic mass is 10.3. The van der Waals surface area contributed by atoms with Gasteiger partial charge >= 0.3 is 0 Å². The second-order valence-corrected chi connectivity index (χ2v) is 3.95. The van der Waals surface area contributed by atoms with Crippen LogP contribution < -0.4 is 0 Å². The van der Waals surface area contributed by atoms with Crippen molar-refractivity contribution in [3.05, 3.63) is 23.6 Å². The van der Waals surface area contributed by atoms with Crippen molar-refractivity contribution in [2.75, 3.05) is 0 Å². The van der Waals surface area contributed by atoms with E-state index in [-0.39, 0.29) is 0 Å². The fraction of sp³-hybridized carbons (Fsp3) is 0.500. The summed E-state index contributed by atoms with van der Waals surface area (Å²) < 4.78 is 0. The van der Waals surface area contributed by atoms with Crippen LogP contribution in [0, 0.1) is 0 Å². The van der Waals surface area contributed by atoms with Gasteiger partial charge in [0.1, 0.15) is 0 Å². The van der Waals surface area contributed by atoms with Gasteiger partial charge in [-0.15, -0.1) is 11.8 Å². The van der Waals surface area contributed by atoms with Crippen molar-refractivity contribution >= 4 is 11.8 Å². The highest BCUT2D eigenvalue weighted by molar-refractivity contribution is 8.03. The molecule has 0 saturated carbocycles. The Morgan fingerprint density at radius 2 is 1.78 bits per heavy atom. The van der Waals surface area contributed by atoms with Crippen LogP contribution in [0.4, 0.5) is 0 Å². The van der Waals surface area contributed by atoms with E-state index in [0.717, 1.165) is 4.91 Å². The second-order valence-electron chi connectivity index (χ2n) is 2.31. The van der Waals surface area contributed by atoms with E-state index in [1.54, 1.807) is 11.8 Å². The molecule has 0 radical (unpaired) electrons. The van der Waals surface area contributed by atoms with Gasteiger partial charge in [0.25, 0.3) is 0 Å². The zero-order valence-electron chi connectivity index (χ0n) is 6.40. The lowest BCUT2D eigenvalue weighted by Gasteiger charge is -2.08. The highest BCUT2D eigenvalue weighted by Crippen LogP contribution is 2.23. The van der Waals surface area contributed by atoms with Crippen LogP contribution in [0.2, 0.25) is 0 Å². The monoisotopic (exact) mass is 142 g/mol. The average Bonchev–Trinajstić information content (AvgIpc) is 1.63. The molecule has 0 amide bonds. The summed E-state index contributed by atoms with van der Waals surface area (Å²) in [5, 5.41) is 0.516. The third kappa shape index (κ3) is 4.34. The summed E-state index contributed by atoms with van der Waals surface area (Å²) in [5.74, 6) is 0. The maximum absolute atomic E-state index is 3.85. The summed E-state index contributed by atoms with van der Waals surface area (Å²) in [5.41, 5.74) is 1.21. The average molecular weight is 142 g/mol. The first-order chi connectivity index (χ1) is 4.04. The molecule has 0 aromatic rings. The molecule has 1 unspecified atom stereocenters. The highest BCUT2D eigenvalue weighted by atomic mass is 32.2. The van der Waals surface area contributed by atoms with E-state index in [4.69, 9.17) is 0 Å². The smallest absolute Gasteiger partial charge is 0.0266 e. The summed E-state index contributed by atoms with van der Waals surface area (Å²) in [4.78, 5) is 1.16. The fourth-order valence-corrected chi connectivity index (χ4v) is 1.21. The summed E-state index contributed by atoms with van der Waals surface area (Å²) in [6.45, 7) is 13.8. The predicted octanol–water partition coefficient (Wildman–Crippen LogP) is 3.22. The lowest BCUT2D eigenvalue weighted by Crippen LogP contribution is -1.94. The molecule has 0 nitrogen and oxygen atoms in total. The molecule has 0 aromatic heterocycles. The quantitative estimate of drug-likeness (QED) is 0.545. The molecule has 0 aliphatic rings. The first-order valence-electron chi connectivity index (χ1n) is 3.01. The number of hydrogen-bond acceptors (Lipinski definition) is 1. The molecule has 0 N–H and O–H groups in total. The molecule has 0 spiro atoms. The van der Waals surface area contributed by atoms with Crippen molar-refractivity contribution < 1.29 is 0 Å². The van der Waals surface area contributed by atoms with E-state index < -0.39 is 0 Å². The summed E-state index contributed by atoms with van der Waals surface area (Å²) in [7, 11) is 0. The van der Waals surface area contributed by atoms with Gasteiger partial charge in [0.15, 0.2) is 0 Å². The molecule has 0 saturated heterocycles. The van der Waals surface area contributed by atoms with Crippen LogP contribution in [0.1, 0.15) is 20.8 Å². The van der Waals surface area contributed by atoms with Crippen molar-refractivity contribution in [1.82, 2.24) is 0 Å². The molecule has 0 fully saturated rings. The Balaban J connectivity index is 3.63. The van der Waals surface area contributed by atoms with Gasteiger partial charge in [0.2, 0.25) is 0 Å². The van der Waals surface area contributed by atoms with Gasteiger partial charge < -0.3 is 0 Å². The van der Waals surface area contributed by atoms with Crippen molar-refractivity contribution in [2.45, 2.75) is 26.0 Å². The van der Waals surface area contributed by atoms with E-state index in [9.17, 15) is 0 Å². The largest absolute Gasteiger partial charge is 0.124 e. The third-order valence-electron chi connectivity index (χ3n) is 1.07. The van der Waals surface area contributed by atoms with Crippen LogP contribution in [-0.2, 0) is 0 Å². The van der Waals surface area contributed by atoms with Crippen LogP contribution >= 0.6 is 11.8 Å². The van der Waals surface area contributed by atoms with Crippen LogP contribution in [0.3, 0.4) is 0 Å². The number of thioether (sulfide) groups is 1. The SMILES string of the molecule is C=C(C)SC(C)C(=C)C. The van der Waals surface area contributed by atoms with Gasteiger partial charge in [-0.2, -0.15) is 0 Å². The summed E-state index contributed by atoms with van der Waals surface area (Å²) in [6.07, 6.45) is 0. The van der Waals surface area contributed by atoms with Gasteiger partial charge in [-0.1, -0.05) is 18.7 Å². The molecular weight excluding hydrogens is 128 g/mol. The van der Waals surface area contributed by atoms with Crippen LogP contribution in [0.25, 0.3) is 0 Å². The Morgan fingerprint density at radius 3 is 1.89 bits per heavy atom. The van der Waals surface area contributed by atoms with Crippen LogP contribution in [-0.4, -0.2) is 5.25 Å². The van der Waals surface area contributed by atoms with Gasteiger partial charge in [-0.25, -0.2) is 0 Å². The highest BCUT2D eigenvalue weighted by Gasteiger charge is 2.00. The number of hydrogen-bond donors (Lipinski definition) is 0. The van der Waals surface area contributed by atoms with Crippen LogP contribution in [0.15, 0.2) is 23.6 Å². The first-order valence-corrected chi connectivity index (χ1v) is 3.89. The topological polar surface area (TPSA) is 0 Å². The lowest BCUT2D eigenvalue weighted by molar-refractivity contribution is 1.13. The van der Waals surface area contributed by atoms with Crippen molar-refractivity contribution in [3.8, 4) is 0 Å². The molecular formula is C8H14S. The molecule has 0 aromatic carbocycles. The molecule has 1 atom stereocenters. The van der Waals surface area contributed by atoms with Gasteiger partial charge in [-0.05, 0) is 25.7 Å². The van der Waals surface area contributed by atoms with Crippen molar-refractivity contribution in [1.29, 1.82) is 0 Å². The van der Waals surface area contributed by atoms with E-state index in [0.29, 0.717) is 5.25 Å².